The standard InChI is InChI=1S/C38H23NS/c1-2-12-25(13-3-1)27-20-11-21-31-35-36-34(28-17-6-7-18-29(28)38(35)40-37(27)31)30-19-8-9-22-33(30)39(36)32-23-10-15-24-14-4-5-16-26(24)32/h1-23H. The number of thiophene rings is 1. The van der Waals surface area contributed by atoms with Crippen LogP contribution in [0.1, 0.15) is 0 Å². The summed E-state index contributed by atoms with van der Waals surface area (Å²) in [5.74, 6) is 0. The quantitative estimate of drug-likeness (QED) is 0.211. The van der Waals surface area contributed by atoms with Crippen molar-refractivity contribution in [3.63, 3.8) is 0 Å². The normalized spacial score (nSPS) is 12.0. The van der Waals surface area contributed by atoms with Crippen LogP contribution in [0, 0.1) is 0 Å². The highest BCUT2D eigenvalue weighted by Gasteiger charge is 2.23. The third-order valence-corrected chi connectivity index (χ3v) is 9.63. The van der Waals surface area contributed by atoms with Gasteiger partial charge in [0.2, 0.25) is 0 Å². The van der Waals surface area contributed by atoms with E-state index in [0.717, 1.165) is 0 Å². The molecule has 0 unspecified atom stereocenters. The zero-order chi connectivity index (χ0) is 26.2. The predicted octanol–water partition coefficient (Wildman–Crippen LogP) is 11.1. The van der Waals surface area contributed by atoms with E-state index in [1.54, 1.807) is 0 Å². The smallest absolute Gasteiger partial charge is 0.0640 e. The monoisotopic (exact) mass is 525 g/mol. The van der Waals surface area contributed by atoms with Gasteiger partial charge in [-0.05, 0) is 34.0 Å². The fourth-order valence-corrected chi connectivity index (χ4v) is 8.07. The van der Waals surface area contributed by atoms with E-state index in [9.17, 15) is 0 Å². The van der Waals surface area contributed by atoms with Gasteiger partial charge in [-0.25, -0.2) is 0 Å². The first-order valence-corrected chi connectivity index (χ1v) is 14.5. The summed E-state index contributed by atoms with van der Waals surface area (Å²) < 4.78 is 5.23. The average molecular weight is 526 g/mol. The van der Waals surface area contributed by atoms with E-state index in [2.05, 4.69) is 144 Å². The molecule has 0 aliphatic rings. The Morgan fingerprint density at radius 3 is 1.95 bits per heavy atom. The fraction of sp³-hybridized carbons (Fsp3) is 0. The predicted molar refractivity (Wildman–Crippen MR) is 174 cm³/mol. The molecule has 1 nitrogen and oxygen atoms in total. The second-order valence-electron chi connectivity index (χ2n) is 10.5. The molecule has 0 N–H and O–H groups in total. The van der Waals surface area contributed by atoms with E-state index in [0.29, 0.717) is 0 Å². The zero-order valence-corrected chi connectivity index (χ0v) is 22.5. The maximum absolute atomic E-state index is 2.53. The van der Waals surface area contributed by atoms with Crippen LogP contribution in [-0.2, 0) is 0 Å². The van der Waals surface area contributed by atoms with Gasteiger partial charge in [0.05, 0.1) is 16.7 Å². The molecule has 0 aliphatic heterocycles. The van der Waals surface area contributed by atoms with Crippen LogP contribution in [-0.4, -0.2) is 4.57 Å². The molecular weight excluding hydrogens is 502 g/mol. The van der Waals surface area contributed by atoms with Crippen LogP contribution in [0.2, 0.25) is 0 Å². The van der Waals surface area contributed by atoms with Crippen molar-refractivity contribution >= 4 is 74.9 Å². The summed E-state index contributed by atoms with van der Waals surface area (Å²) in [6, 6.07) is 50.9. The van der Waals surface area contributed by atoms with Crippen molar-refractivity contribution in [1.29, 1.82) is 0 Å². The maximum atomic E-state index is 2.53. The van der Waals surface area contributed by atoms with Crippen LogP contribution in [0.4, 0.5) is 0 Å². The Balaban J connectivity index is 1.59. The van der Waals surface area contributed by atoms with Crippen molar-refractivity contribution in [1.82, 2.24) is 4.57 Å². The summed E-state index contributed by atoms with van der Waals surface area (Å²) in [7, 11) is 0. The number of nitrogens with zero attached hydrogens (tertiary/aromatic N) is 1. The number of fused-ring (bicyclic) bond motifs is 11. The fourth-order valence-electron chi connectivity index (χ4n) is 6.69. The van der Waals surface area contributed by atoms with Gasteiger partial charge in [-0.1, -0.05) is 127 Å². The largest absolute Gasteiger partial charge is 0.308 e. The topological polar surface area (TPSA) is 4.93 Å². The summed E-state index contributed by atoms with van der Waals surface area (Å²) in [6.45, 7) is 0. The molecule has 0 bridgehead atoms. The Morgan fingerprint density at radius 2 is 1.07 bits per heavy atom. The van der Waals surface area contributed by atoms with Gasteiger partial charge in [-0.2, -0.15) is 0 Å². The van der Waals surface area contributed by atoms with Crippen molar-refractivity contribution in [3.8, 4) is 16.8 Å². The molecule has 0 amide bonds. The van der Waals surface area contributed by atoms with Gasteiger partial charge >= 0.3 is 0 Å². The second kappa shape index (κ2) is 8.29. The molecule has 0 radical (unpaired) electrons. The van der Waals surface area contributed by atoms with E-state index in [1.165, 1.54) is 80.3 Å². The minimum atomic E-state index is 1.22. The number of hydrogen-bond acceptors (Lipinski definition) is 1. The highest BCUT2D eigenvalue weighted by Crippen LogP contribution is 2.49. The third-order valence-electron chi connectivity index (χ3n) is 8.36. The lowest BCUT2D eigenvalue weighted by molar-refractivity contribution is 1.21. The molecule has 0 spiro atoms. The van der Waals surface area contributed by atoms with Gasteiger partial charge < -0.3 is 4.57 Å². The van der Waals surface area contributed by atoms with Gasteiger partial charge in [0.15, 0.2) is 0 Å². The van der Waals surface area contributed by atoms with Gasteiger partial charge in [-0.15, -0.1) is 11.3 Å². The van der Waals surface area contributed by atoms with E-state index in [4.69, 9.17) is 0 Å². The van der Waals surface area contributed by atoms with Crippen molar-refractivity contribution in [2.24, 2.45) is 0 Å². The summed E-state index contributed by atoms with van der Waals surface area (Å²) in [4.78, 5) is 0. The molecule has 0 saturated heterocycles. The first-order chi connectivity index (χ1) is 19.9. The summed E-state index contributed by atoms with van der Waals surface area (Å²) in [5, 5.41) is 10.4. The van der Waals surface area contributed by atoms with Gasteiger partial charge in [0, 0.05) is 41.7 Å². The number of rotatable bonds is 2. The van der Waals surface area contributed by atoms with Crippen LogP contribution < -0.4 is 0 Å². The first kappa shape index (κ1) is 22.0. The molecule has 7 aromatic carbocycles. The second-order valence-corrected chi connectivity index (χ2v) is 11.5. The van der Waals surface area contributed by atoms with E-state index >= 15 is 0 Å². The Labute approximate surface area is 235 Å². The third kappa shape index (κ3) is 2.91. The van der Waals surface area contributed by atoms with Crippen LogP contribution in [0.5, 0.6) is 0 Å². The Kier molecular flexibility index (Phi) is 4.55. The molecule has 0 aliphatic carbocycles. The lowest BCUT2D eigenvalue weighted by Crippen LogP contribution is -1.95. The zero-order valence-electron chi connectivity index (χ0n) is 21.6. The van der Waals surface area contributed by atoms with Crippen molar-refractivity contribution < 1.29 is 0 Å². The van der Waals surface area contributed by atoms with E-state index in [-0.39, 0.29) is 0 Å². The van der Waals surface area contributed by atoms with E-state index in [1.807, 2.05) is 11.3 Å². The number of aromatic nitrogens is 1. The highest BCUT2D eigenvalue weighted by molar-refractivity contribution is 7.27. The van der Waals surface area contributed by atoms with Crippen LogP contribution >= 0.6 is 11.3 Å². The molecule has 2 heterocycles. The van der Waals surface area contributed by atoms with Crippen molar-refractivity contribution in [2.75, 3.05) is 0 Å². The van der Waals surface area contributed by atoms with Crippen LogP contribution in [0.3, 0.4) is 0 Å². The summed E-state index contributed by atoms with van der Waals surface area (Å²) in [6.07, 6.45) is 0. The first-order valence-electron chi connectivity index (χ1n) is 13.7. The molecule has 0 fully saturated rings. The molecule has 2 aromatic heterocycles. The lowest BCUT2D eigenvalue weighted by Gasteiger charge is -2.13. The van der Waals surface area contributed by atoms with E-state index < -0.39 is 0 Å². The highest BCUT2D eigenvalue weighted by atomic mass is 32.1. The number of para-hydroxylation sites is 1. The maximum Gasteiger partial charge on any atom is 0.0640 e. The Bertz CT molecular complexity index is 2420. The molecule has 9 rings (SSSR count). The Morgan fingerprint density at radius 1 is 0.425 bits per heavy atom. The molecule has 0 saturated carbocycles. The Hall–Kier alpha value is -4.92. The number of benzene rings is 7. The van der Waals surface area contributed by atoms with Crippen LogP contribution in [0.25, 0.3) is 80.3 Å². The minimum absolute atomic E-state index is 1.22. The number of hydrogen-bond donors (Lipinski definition) is 0. The van der Waals surface area contributed by atoms with Crippen molar-refractivity contribution in [2.45, 2.75) is 0 Å². The van der Waals surface area contributed by atoms with Crippen LogP contribution in [0.15, 0.2) is 140 Å². The molecule has 0 atom stereocenters. The minimum Gasteiger partial charge on any atom is -0.308 e. The average Bonchev–Trinajstić information content (AvgIpc) is 3.58. The SMILES string of the molecule is c1ccc(-c2cccc3c2sc2c4ccccc4c4c5ccccc5n(-c5cccc6ccccc56)c4c32)cc1. The molecule has 9 aromatic rings. The van der Waals surface area contributed by atoms with Gasteiger partial charge in [-0.3, -0.25) is 0 Å². The lowest BCUT2D eigenvalue weighted by atomic mass is 9.98. The summed E-state index contributed by atoms with van der Waals surface area (Å²) >= 11 is 1.93. The van der Waals surface area contributed by atoms with Gasteiger partial charge in [0.25, 0.3) is 0 Å². The van der Waals surface area contributed by atoms with Crippen molar-refractivity contribution in [3.05, 3.63) is 140 Å². The molecule has 2 heteroatoms. The molecule has 40 heavy (non-hydrogen) atoms. The molecule has 186 valence electrons. The summed E-state index contributed by atoms with van der Waals surface area (Å²) in [5.41, 5.74) is 6.31. The van der Waals surface area contributed by atoms with Gasteiger partial charge in [0.1, 0.15) is 0 Å². The molecular formula is C38H23NS.